The highest BCUT2D eigenvalue weighted by Gasteiger charge is 2.15. The minimum atomic E-state index is -2.26. The second-order valence-corrected chi connectivity index (χ2v) is 7.52. The molecule has 122 valence electrons. The van der Waals surface area contributed by atoms with Crippen LogP contribution in [0.15, 0.2) is 36.4 Å². The van der Waals surface area contributed by atoms with Crippen LogP contribution in [0, 0.1) is 20.8 Å². The standard InChI is InChI=1S/C19H23O3P/c1-12(2)22-23(21)17-8-6-16(7-9-17)19(20)18-14(4)10-13(3)11-15(18)5/h6-12,23H,1-5H3. The summed E-state index contributed by atoms with van der Waals surface area (Å²) in [5.74, 6) is -0.00370. The van der Waals surface area contributed by atoms with Crippen LogP contribution in [0.2, 0.25) is 0 Å². The quantitative estimate of drug-likeness (QED) is 0.604. The highest BCUT2D eigenvalue weighted by Crippen LogP contribution is 2.25. The molecule has 4 heteroatoms. The Morgan fingerprint density at radius 2 is 1.52 bits per heavy atom. The summed E-state index contributed by atoms with van der Waals surface area (Å²) >= 11 is 0. The van der Waals surface area contributed by atoms with Crippen molar-refractivity contribution in [3.8, 4) is 0 Å². The van der Waals surface area contributed by atoms with Gasteiger partial charge in [0.15, 0.2) is 5.78 Å². The number of aryl methyl sites for hydroxylation is 3. The molecule has 0 N–H and O–H groups in total. The van der Waals surface area contributed by atoms with Crippen LogP contribution in [0.5, 0.6) is 0 Å². The lowest BCUT2D eigenvalue weighted by molar-refractivity contribution is 0.103. The van der Waals surface area contributed by atoms with Gasteiger partial charge in [-0.1, -0.05) is 29.8 Å². The predicted octanol–water partition coefficient (Wildman–Crippen LogP) is 4.37. The third-order valence-electron chi connectivity index (χ3n) is 3.63. The normalized spacial score (nSPS) is 12.4. The minimum absolute atomic E-state index is 0.00370. The van der Waals surface area contributed by atoms with E-state index in [0.717, 1.165) is 22.3 Å². The summed E-state index contributed by atoms with van der Waals surface area (Å²) in [6.07, 6.45) is -0.0828. The molecule has 0 amide bonds. The molecule has 1 atom stereocenters. The van der Waals surface area contributed by atoms with Gasteiger partial charge in [-0.3, -0.25) is 9.36 Å². The first-order valence-electron chi connectivity index (χ1n) is 7.73. The first-order chi connectivity index (χ1) is 10.8. The Kier molecular flexibility index (Phi) is 5.56. The lowest BCUT2D eigenvalue weighted by Gasteiger charge is -2.11. The summed E-state index contributed by atoms with van der Waals surface area (Å²) in [4.78, 5) is 12.8. The first-order valence-corrected chi connectivity index (χ1v) is 9.05. The molecular formula is C19H23O3P. The number of hydrogen-bond donors (Lipinski definition) is 0. The van der Waals surface area contributed by atoms with E-state index in [4.69, 9.17) is 4.52 Å². The van der Waals surface area contributed by atoms with E-state index in [-0.39, 0.29) is 11.9 Å². The molecule has 0 bridgehead atoms. The van der Waals surface area contributed by atoms with E-state index in [2.05, 4.69) is 0 Å². The fourth-order valence-electron chi connectivity index (χ4n) is 2.72. The second kappa shape index (κ2) is 7.25. The minimum Gasteiger partial charge on any atom is -0.325 e. The molecule has 0 aromatic heterocycles. The maximum absolute atomic E-state index is 12.8. The van der Waals surface area contributed by atoms with Crippen molar-refractivity contribution in [1.82, 2.24) is 0 Å². The molecule has 0 spiro atoms. The highest BCUT2D eigenvalue weighted by atomic mass is 31.1. The molecule has 23 heavy (non-hydrogen) atoms. The maximum atomic E-state index is 12.8. The fourth-order valence-corrected chi connectivity index (χ4v) is 3.73. The third-order valence-corrected chi connectivity index (χ3v) is 5.12. The lowest BCUT2D eigenvalue weighted by atomic mass is 9.93. The molecule has 3 nitrogen and oxygen atoms in total. The summed E-state index contributed by atoms with van der Waals surface area (Å²) in [5, 5.41) is 0.637. The summed E-state index contributed by atoms with van der Waals surface area (Å²) < 4.78 is 17.4. The lowest BCUT2D eigenvalue weighted by Crippen LogP contribution is -2.09. The Balaban J connectivity index is 2.30. The zero-order valence-electron chi connectivity index (χ0n) is 14.3. The zero-order valence-corrected chi connectivity index (χ0v) is 15.3. The summed E-state index contributed by atoms with van der Waals surface area (Å²) in [5.41, 5.74) is 4.45. The van der Waals surface area contributed by atoms with E-state index >= 15 is 0 Å². The molecule has 2 rings (SSSR count). The molecule has 2 aromatic carbocycles. The Morgan fingerprint density at radius 1 is 1.00 bits per heavy atom. The summed E-state index contributed by atoms with van der Waals surface area (Å²) in [7, 11) is -2.26. The van der Waals surface area contributed by atoms with Crippen molar-refractivity contribution in [2.45, 2.75) is 40.7 Å². The Labute approximate surface area is 138 Å². The molecule has 2 aromatic rings. The number of benzene rings is 2. The van der Waals surface area contributed by atoms with Crippen LogP contribution < -0.4 is 5.30 Å². The van der Waals surface area contributed by atoms with Crippen molar-refractivity contribution in [2.24, 2.45) is 0 Å². The van der Waals surface area contributed by atoms with Crippen LogP contribution in [0.4, 0.5) is 0 Å². The van der Waals surface area contributed by atoms with Crippen molar-refractivity contribution < 1.29 is 13.9 Å². The van der Waals surface area contributed by atoms with Gasteiger partial charge in [0.1, 0.15) is 0 Å². The Hall–Kier alpha value is -1.70. The van der Waals surface area contributed by atoms with E-state index in [0.29, 0.717) is 10.9 Å². The third kappa shape index (κ3) is 4.19. The smallest absolute Gasteiger partial charge is 0.220 e. The topological polar surface area (TPSA) is 43.4 Å². The molecule has 0 aliphatic rings. The van der Waals surface area contributed by atoms with Gasteiger partial charge >= 0.3 is 0 Å². The summed E-state index contributed by atoms with van der Waals surface area (Å²) in [6.45, 7) is 9.63. The summed E-state index contributed by atoms with van der Waals surface area (Å²) in [6, 6.07) is 10.9. The van der Waals surface area contributed by atoms with Crippen molar-refractivity contribution in [3.05, 3.63) is 64.2 Å². The zero-order chi connectivity index (χ0) is 17.1. The van der Waals surface area contributed by atoms with Crippen molar-refractivity contribution in [3.63, 3.8) is 0 Å². The SMILES string of the molecule is Cc1cc(C)c(C(=O)c2ccc([PH](=O)OC(C)C)cc2)c(C)c1. The number of carbonyl (C=O) groups is 1. The fraction of sp³-hybridized carbons (Fsp3) is 0.316. The average Bonchev–Trinajstić information content (AvgIpc) is 2.45. The van der Waals surface area contributed by atoms with Gasteiger partial charge in [0.2, 0.25) is 8.03 Å². The second-order valence-electron chi connectivity index (χ2n) is 6.13. The molecule has 0 aliphatic carbocycles. The van der Waals surface area contributed by atoms with E-state index in [1.165, 1.54) is 0 Å². The van der Waals surface area contributed by atoms with Gasteiger partial charge in [-0.15, -0.1) is 0 Å². The van der Waals surface area contributed by atoms with E-state index in [9.17, 15) is 9.36 Å². The molecule has 0 saturated heterocycles. The van der Waals surface area contributed by atoms with E-state index in [1.54, 1.807) is 24.3 Å². The largest absolute Gasteiger partial charge is 0.325 e. The van der Waals surface area contributed by atoms with Crippen LogP contribution in [0.1, 0.15) is 46.5 Å². The molecule has 0 radical (unpaired) electrons. The van der Waals surface area contributed by atoms with Crippen molar-refractivity contribution in [1.29, 1.82) is 0 Å². The Morgan fingerprint density at radius 3 is 2.00 bits per heavy atom. The molecule has 0 saturated carbocycles. The van der Waals surface area contributed by atoms with Gasteiger partial charge in [-0.05, 0) is 57.9 Å². The average molecular weight is 330 g/mol. The monoisotopic (exact) mass is 330 g/mol. The van der Waals surface area contributed by atoms with Crippen LogP contribution in [-0.4, -0.2) is 11.9 Å². The van der Waals surface area contributed by atoms with Crippen LogP contribution in [0.25, 0.3) is 0 Å². The molecule has 0 heterocycles. The van der Waals surface area contributed by atoms with Crippen LogP contribution >= 0.6 is 8.03 Å². The van der Waals surface area contributed by atoms with E-state index in [1.807, 2.05) is 46.8 Å². The molecule has 0 fully saturated rings. The molecule has 1 unspecified atom stereocenters. The van der Waals surface area contributed by atoms with Crippen LogP contribution in [-0.2, 0) is 9.09 Å². The number of carbonyl (C=O) groups excluding carboxylic acids is 1. The van der Waals surface area contributed by atoms with Gasteiger partial charge < -0.3 is 4.52 Å². The van der Waals surface area contributed by atoms with Crippen molar-refractivity contribution in [2.75, 3.05) is 0 Å². The highest BCUT2D eigenvalue weighted by molar-refractivity contribution is 7.48. The maximum Gasteiger partial charge on any atom is 0.220 e. The molecule has 0 aliphatic heterocycles. The number of rotatable bonds is 5. The van der Waals surface area contributed by atoms with Gasteiger partial charge in [-0.2, -0.15) is 0 Å². The predicted molar refractivity (Wildman–Crippen MR) is 95.4 cm³/mol. The first kappa shape index (κ1) is 17.7. The van der Waals surface area contributed by atoms with Gasteiger partial charge in [0.25, 0.3) is 0 Å². The van der Waals surface area contributed by atoms with Crippen molar-refractivity contribution >= 4 is 19.1 Å². The molecular weight excluding hydrogens is 307 g/mol. The number of ketones is 1. The Bertz CT molecular complexity index is 723. The van der Waals surface area contributed by atoms with Crippen LogP contribution in [0.3, 0.4) is 0 Å². The van der Waals surface area contributed by atoms with E-state index < -0.39 is 8.03 Å². The van der Waals surface area contributed by atoms with Gasteiger partial charge in [-0.25, -0.2) is 0 Å². The number of hydrogen-bond acceptors (Lipinski definition) is 3. The van der Waals surface area contributed by atoms with Gasteiger partial charge in [0, 0.05) is 16.4 Å². The van der Waals surface area contributed by atoms with Gasteiger partial charge in [0.05, 0.1) is 6.10 Å².